The lowest BCUT2D eigenvalue weighted by Crippen LogP contribution is -2.43. The van der Waals surface area contributed by atoms with Gasteiger partial charge in [-0.05, 0) is 67.3 Å². The van der Waals surface area contributed by atoms with Gasteiger partial charge in [-0.15, -0.1) is 0 Å². The minimum atomic E-state index is -0.529. The molecule has 8 nitrogen and oxygen atoms in total. The van der Waals surface area contributed by atoms with E-state index in [-0.39, 0.29) is 6.61 Å². The van der Waals surface area contributed by atoms with Crippen molar-refractivity contribution in [1.82, 2.24) is 10.9 Å². The molecule has 0 atom stereocenters. The standard InChI is InChI=1S/C24H30N2O6/c1-4-14-31-24(29)19-7-11-21(12-8-19)32-16-22(27)25-26-23(28)18-5-9-20(10-6-18)30-15-13-17(2)3/h5-12,17H,4,13-16H2,1-3H3,(H,25,27)(H,26,28). The molecule has 0 aliphatic rings. The Labute approximate surface area is 188 Å². The van der Waals surface area contributed by atoms with Gasteiger partial charge in [0.25, 0.3) is 11.8 Å². The van der Waals surface area contributed by atoms with E-state index in [2.05, 4.69) is 24.7 Å². The van der Waals surface area contributed by atoms with Gasteiger partial charge in [0.05, 0.1) is 18.8 Å². The lowest BCUT2D eigenvalue weighted by Gasteiger charge is -2.10. The van der Waals surface area contributed by atoms with Crippen molar-refractivity contribution in [3.05, 3.63) is 59.7 Å². The van der Waals surface area contributed by atoms with Crippen LogP contribution in [0, 0.1) is 5.92 Å². The van der Waals surface area contributed by atoms with E-state index in [1.807, 2.05) is 6.92 Å². The first-order valence-electron chi connectivity index (χ1n) is 10.6. The normalized spacial score (nSPS) is 10.4. The molecule has 2 aromatic carbocycles. The maximum absolute atomic E-state index is 12.2. The summed E-state index contributed by atoms with van der Waals surface area (Å²) in [6.07, 6.45) is 1.70. The van der Waals surface area contributed by atoms with Gasteiger partial charge in [-0.2, -0.15) is 0 Å². The van der Waals surface area contributed by atoms with Crippen LogP contribution in [-0.2, 0) is 9.53 Å². The van der Waals surface area contributed by atoms with Crippen LogP contribution in [0.15, 0.2) is 48.5 Å². The lowest BCUT2D eigenvalue weighted by atomic mass is 10.1. The first-order valence-corrected chi connectivity index (χ1v) is 10.6. The van der Waals surface area contributed by atoms with Crippen LogP contribution >= 0.6 is 0 Å². The summed E-state index contributed by atoms with van der Waals surface area (Å²) in [5.41, 5.74) is 5.42. The Hall–Kier alpha value is -3.55. The molecule has 0 radical (unpaired) electrons. The van der Waals surface area contributed by atoms with E-state index in [0.29, 0.717) is 41.8 Å². The summed E-state index contributed by atoms with van der Waals surface area (Å²) in [7, 11) is 0. The van der Waals surface area contributed by atoms with Gasteiger partial charge in [0.15, 0.2) is 6.61 Å². The first kappa shape index (κ1) is 24.7. The topological polar surface area (TPSA) is 103 Å². The quantitative estimate of drug-likeness (QED) is 0.408. The van der Waals surface area contributed by atoms with Crippen LogP contribution in [0.4, 0.5) is 0 Å². The number of hydrogen-bond acceptors (Lipinski definition) is 6. The van der Waals surface area contributed by atoms with Crippen LogP contribution in [0.3, 0.4) is 0 Å². The predicted octanol–water partition coefficient (Wildman–Crippen LogP) is 3.52. The average molecular weight is 443 g/mol. The number of benzene rings is 2. The highest BCUT2D eigenvalue weighted by molar-refractivity contribution is 5.95. The third kappa shape index (κ3) is 8.67. The van der Waals surface area contributed by atoms with Crippen molar-refractivity contribution < 1.29 is 28.6 Å². The molecule has 8 heteroatoms. The Morgan fingerprint density at radius 1 is 0.812 bits per heavy atom. The molecule has 0 aliphatic heterocycles. The molecule has 2 amide bonds. The summed E-state index contributed by atoms with van der Waals surface area (Å²) in [5.74, 6) is 0.256. The molecule has 2 rings (SSSR count). The zero-order valence-electron chi connectivity index (χ0n) is 18.7. The molecule has 0 heterocycles. The Bertz CT molecular complexity index is 878. The fourth-order valence-electron chi connectivity index (χ4n) is 2.46. The molecule has 172 valence electrons. The van der Waals surface area contributed by atoms with Gasteiger partial charge in [-0.1, -0.05) is 20.8 Å². The van der Waals surface area contributed by atoms with Crippen LogP contribution in [0.2, 0.25) is 0 Å². The van der Waals surface area contributed by atoms with Crippen molar-refractivity contribution in [3.63, 3.8) is 0 Å². The molecule has 2 aromatic rings. The Morgan fingerprint density at radius 2 is 1.41 bits per heavy atom. The zero-order valence-corrected chi connectivity index (χ0v) is 18.7. The second-order valence-corrected chi connectivity index (χ2v) is 7.51. The van der Waals surface area contributed by atoms with Gasteiger partial charge >= 0.3 is 5.97 Å². The van der Waals surface area contributed by atoms with Crippen LogP contribution in [0.25, 0.3) is 0 Å². The summed E-state index contributed by atoms with van der Waals surface area (Å²) in [6, 6.07) is 12.9. The number of hydrazine groups is 1. The van der Waals surface area contributed by atoms with E-state index in [4.69, 9.17) is 14.2 Å². The number of carbonyl (C=O) groups excluding carboxylic acids is 3. The summed E-state index contributed by atoms with van der Waals surface area (Å²) >= 11 is 0. The molecular formula is C24H30N2O6. The molecular weight excluding hydrogens is 412 g/mol. The first-order chi connectivity index (χ1) is 15.4. The molecule has 0 aliphatic carbocycles. The van der Waals surface area contributed by atoms with Crippen LogP contribution in [0.1, 0.15) is 54.3 Å². The van der Waals surface area contributed by atoms with Crippen LogP contribution in [-0.4, -0.2) is 37.6 Å². The number of rotatable bonds is 11. The Morgan fingerprint density at radius 3 is 2.00 bits per heavy atom. The predicted molar refractivity (Wildman–Crippen MR) is 120 cm³/mol. The summed E-state index contributed by atoms with van der Waals surface area (Å²) in [4.78, 5) is 35.9. The molecule has 0 unspecified atom stereocenters. The summed E-state index contributed by atoms with van der Waals surface area (Å²) in [6.45, 7) is 6.84. The largest absolute Gasteiger partial charge is 0.494 e. The number of ether oxygens (including phenoxy) is 3. The molecule has 0 fully saturated rings. The Kier molecular flexibility index (Phi) is 10.0. The number of amides is 2. The van der Waals surface area contributed by atoms with Crippen LogP contribution in [0.5, 0.6) is 11.5 Å². The van der Waals surface area contributed by atoms with Crippen molar-refractivity contribution >= 4 is 17.8 Å². The molecule has 0 aromatic heterocycles. The average Bonchev–Trinajstić information content (AvgIpc) is 2.80. The number of hydrogen-bond donors (Lipinski definition) is 2. The Balaban J connectivity index is 1.72. The summed E-state index contributed by atoms with van der Waals surface area (Å²) < 4.78 is 16.0. The highest BCUT2D eigenvalue weighted by Crippen LogP contribution is 2.14. The smallest absolute Gasteiger partial charge is 0.338 e. The van der Waals surface area contributed by atoms with Crippen molar-refractivity contribution in [3.8, 4) is 11.5 Å². The minimum Gasteiger partial charge on any atom is -0.494 e. The van der Waals surface area contributed by atoms with Gasteiger partial charge in [-0.25, -0.2) is 4.79 Å². The number of nitrogens with one attached hydrogen (secondary N) is 2. The van der Waals surface area contributed by atoms with Crippen molar-refractivity contribution in [2.75, 3.05) is 19.8 Å². The van der Waals surface area contributed by atoms with E-state index in [0.717, 1.165) is 12.8 Å². The maximum Gasteiger partial charge on any atom is 0.338 e. The third-order valence-corrected chi connectivity index (χ3v) is 4.29. The minimum absolute atomic E-state index is 0.303. The molecule has 0 saturated heterocycles. The lowest BCUT2D eigenvalue weighted by molar-refractivity contribution is -0.123. The second-order valence-electron chi connectivity index (χ2n) is 7.51. The maximum atomic E-state index is 12.2. The molecule has 0 spiro atoms. The van der Waals surface area contributed by atoms with E-state index in [9.17, 15) is 14.4 Å². The molecule has 2 N–H and O–H groups in total. The van der Waals surface area contributed by atoms with Crippen molar-refractivity contribution in [2.45, 2.75) is 33.6 Å². The number of esters is 1. The monoisotopic (exact) mass is 442 g/mol. The fourth-order valence-corrected chi connectivity index (χ4v) is 2.46. The molecule has 0 saturated carbocycles. The zero-order chi connectivity index (χ0) is 23.3. The highest BCUT2D eigenvalue weighted by atomic mass is 16.5. The van der Waals surface area contributed by atoms with E-state index >= 15 is 0 Å². The number of carbonyl (C=O) groups is 3. The van der Waals surface area contributed by atoms with Gasteiger partial charge in [0.1, 0.15) is 11.5 Å². The van der Waals surface area contributed by atoms with E-state index in [1.54, 1.807) is 48.5 Å². The molecule has 32 heavy (non-hydrogen) atoms. The van der Waals surface area contributed by atoms with Gasteiger partial charge in [0, 0.05) is 5.56 Å². The fraction of sp³-hybridized carbons (Fsp3) is 0.375. The van der Waals surface area contributed by atoms with Gasteiger partial charge < -0.3 is 14.2 Å². The van der Waals surface area contributed by atoms with Gasteiger partial charge in [0.2, 0.25) is 0 Å². The highest BCUT2D eigenvalue weighted by Gasteiger charge is 2.10. The van der Waals surface area contributed by atoms with Crippen molar-refractivity contribution in [1.29, 1.82) is 0 Å². The molecule has 0 bridgehead atoms. The van der Waals surface area contributed by atoms with E-state index < -0.39 is 17.8 Å². The third-order valence-electron chi connectivity index (χ3n) is 4.29. The van der Waals surface area contributed by atoms with Crippen LogP contribution < -0.4 is 20.3 Å². The second kappa shape index (κ2) is 13.0. The van der Waals surface area contributed by atoms with Crippen molar-refractivity contribution in [2.24, 2.45) is 5.92 Å². The summed E-state index contributed by atoms with van der Waals surface area (Å²) in [5, 5.41) is 0. The van der Waals surface area contributed by atoms with E-state index in [1.165, 1.54) is 0 Å². The SMILES string of the molecule is CCCOC(=O)c1ccc(OCC(=O)NNC(=O)c2ccc(OCCC(C)C)cc2)cc1. The van der Waals surface area contributed by atoms with Gasteiger partial charge in [-0.3, -0.25) is 20.4 Å².